The minimum atomic E-state index is -3.48. The summed E-state index contributed by atoms with van der Waals surface area (Å²) in [6.45, 7) is 8.29. The summed E-state index contributed by atoms with van der Waals surface area (Å²) in [7, 11) is -3.48. The Balaban J connectivity index is 2.04. The highest BCUT2D eigenvalue weighted by Crippen LogP contribution is 2.51. The second-order valence-electron chi connectivity index (χ2n) is 6.28. The highest BCUT2D eigenvalue weighted by atomic mass is 35.5. The van der Waals surface area contributed by atoms with Crippen molar-refractivity contribution < 1.29 is 8.42 Å². The molecule has 1 atom stereocenters. The maximum atomic E-state index is 12.3. The zero-order valence-electron chi connectivity index (χ0n) is 12.7. The van der Waals surface area contributed by atoms with Crippen molar-refractivity contribution in [2.75, 3.05) is 13.1 Å². The first kappa shape index (κ1) is 16.7. The van der Waals surface area contributed by atoms with Crippen LogP contribution >= 0.6 is 11.6 Å². The summed E-state index contributed by atoms with van der Waals surface area (Å²) >= 11 is 6.16. The molecule has 0 bridgehead atoms. The van der Waals surface area contributed by atoms with Gasteiger partial charge in [-0.1, -0.05) is 38.4 Å². The molecular formula is C15H23ClN2O2S. The van der Waals surface area contributed by atoms with Gasteiger partial charge in [0.25, 0.3) is 0 Å². The van der Waals surface area contributed by atoms with E-state index in [1.807, 2.05) is 6.92 Å². The average Bonchev–Trinajstić information content (AvgIpc) is 3.03. The zero-order valence-corrected chi connectivity index (χ0v) is 14.3. The Bertz CT molecular complexity index is 614. The van der Waals surface area contributed by atoms with E-state index in [1.54, 1.807) is 12.1 Å². The minimum Gasteiger partial charge on any atom is -0.313 e. The van der Waals surface area contributed by atoms with Gasteiger partial charge in [-0.05, 0) is 42.0 Å². The molecule has 1 aromatic rings. The quantitative estimate of drug-likeness (QED) is 0.808. The van der Waals surface area contributed by atoms with Gasteiger partial charge in [-0.15, -0.1) is 0 Å². The molecule has 1 saturated carbocycles. The summed E-state index contributed by atoms with van der Waals surface area (Å²) in [6.07, 6.45) is 1.07. The summed E-state index contributed by atoms with van der Waals surface area (Å²) in [5.41, 5.74) is 1.16. The van der Waals surface area contributed by atoms with Crippen LogP contribution < -0.4 is 10.0 Å². The van der Waals surface area contributed by atoms with Gasteiger partial charge < -0.3 is 5.32 Å². The number of halogens is 1. The average molecular weight is 331 g/mol. The largest absolute Gasteiger partial charge is 0.313 e. The molecule has 1 aliphatic rings. The third kappa shape index (κ3) is 4.19. The Morgan fingerprint density at radius 2 is 2.05 bits per heavy atom. The minimum absolute atomic E-state index is 0.228. The van der Waals surface area contributed by atoms with Crippen molar-refractivity contribution in [3.05, 3.63) is 28.8 Å². The van der Waals surface area contributed by atoms with Gasteiger partial charge >= 0.3 is 0 Å². The summed E-state index contributed by atoms with van der Waals surface area (Å²) in [5, 5.41) is 3.65. The van der Waals surface area contributed by atoms with Crippen LogP contribution in [0.2, 0.25) is 5.02 Å². The summed E-state index contributed by atoms with van der Waals surface area (Å²) < 4.78 is 27.2. The van der Waals surface area contributed by atoms with Crippen molar-refractivity contribution in [1.29, 1.82) is 0 Å². The first-order chi connectivity index (χ1) is 9.76. The molecule has 4 nitrogen and oxygen atoms in total. The second kappa shape index (κ2) is 6.24. The molecule has 0 spiro atoms. The lowest BCUT2D eigenvalue weighted by atomic mass is 10.1. The lowest BCUT2D eigenvalue weighted by molar-refractivity contribution is 0.537. The SMILES string of the molecule is CCNCc1ccc(S(=O)(=O)NCC2CC2(C)C)cc1Cl. The smallest absolute Gasteiger partial charge is 0.240 e. The molecule has 0 aromatic heterocycles. The molecule has 6 heteroatoms. The maximum absolute atomic E-state index is 12.3. The van der Waals surface area contributed by atoms with Crippen LogP contribution in [0.25, 0.3) is 0 Å². The zero-order chi connectivity index (χ0) is 15.7. The van der Waals surface area contributed by atoms with E-state index in [0.29, 0.717) is 24.0 Å². The van der Waals surface area contributed by atoms with E-state index in [4.69, 9.17) is 11.6 Å². The van der Waals surface area contributed by atoms with E-state index in [2.05, 4.69) is 23.9 Å². The molecule has 0 amide bonds. The van der Waals surface area contributed by atoms with Gasteiger partial charge in [-0.25, -0.2) is 13.1 Å². The molecule has 0 saturated heterocycles. The number of hydrogen-bond acceptors (Lipinski definition) is 3. The standard InChI is InChI=1S/C15H23ClN2O2S/c1-4-17-9-11-5-6-13(7-14(11)16)21(19,20)18-10-12-8-15(12,2)3/h5-7,12,17-18H,4,8-10H2,1-3H3. The van der Waals surface area contributed by atoms with Crippen molar-refractivity contribution in [3.8, 4) is 0 Å². The summed E-state index contributed by atoms with van der Waals surface area (Å²) in [6, 6.07) is 4.90. The molecule has 1 unspecified atom stereocenters. The number of hydrogen-bond donors (Lipinski definition) is 2. The monoisotopic (exact) mass is 330 g/mol. The van der Waals surface area contributed by atoms with E-state index >= 15 is 0 Å². The molecule has 2 N–H and O–H groups in total. The van der Waals surface area contributed by atoms with Gasteiger partial charge in [0.1, 0.15) is 0 Å². The van der Waals surface area contributed by atoms with E-state index in [1.165, 1.54) is 6.07 Å². The Hall–Kier alpha value is -0.620. The van der Waals surface area contributed by atoms with Crippen LogP contribution in [0.15, 0.2) is 23.1 Å². The van der Waals surface area contributed by atoms with E-state index in [0.717, 1.165) is 18.5 Å². The fourth-order valence-electron chi connectivity index (χ4n) is 2.32. The van der Waals surface area contributed by atoms with Crippen LogP contribution in [-0.4, -0.2) is 21.5 Å². The number of rotatable bonds is 7. The van der Waals surface area contributed by atoms with Crippen molar-refractivity contribution in [3.63, 3.8) is 0 Å². The lowest BCUT2D eigenvalue weighted by Gasteiger charge is -2.10. The molecule has 21 heavy (non-hydrogen) atoms. The van der Waals surface area contributed by atoms with Crippen LogP contribution in [0.5, 0.6) is 0 Å². The molecule has 1 aliphatic carbocycles. The van der Waals surface area contributed by atoms with Crippen LogP contribution in [0.3, 0.4) is 0 Å². The molecule has 1 fully saturated rings. The molecule has 2 rings (SSSR count). The van der Waals surface area contributed by atoms with Gasteiger partial charge in [-0.3, -0.25) is 0 Å². The highest BCUT2D eigenvalue weighted by molar-refractivity contribution is 7.89. The van der Waals surface area contributed by atoms with Gasteiger partial charge in [0.05, 0.1) is 4.90 Å². The fourth-order valence-corrected chi connectivity index (χ4v) is 3.74. The summed E-state index contributed by atoms with van der Waals surface area (Å²) in [4.78, 5) is 0.228. The molecule has 118 valence electrons. The fraction of sp³-hybridized carbons (Fsp3) is 0.600. The normalized spacial score (nSPS) is 20.5. The van der Waals surface area contributed by atoms with Gasteiger partial charge in [0.2, 0.25) is 10.0 Å². The number of sulfonamides is 1. The van der Waals surface area contributed by atoms with E-state index in [9.17, 15) is 8.42 Å². The Morgan fingerprint density at radius 3 is 2.57 bits per heavy atom. The molecule has 0 radical (unpaired) electrons. The maximum Gasteiger partial charge on any atom is 0.240 e. The van der Waals surface area contributed by atoms with Crippen LogP contribution in [-0.2, 0) is 16.6 Å². The second-order valence-corrected chi connectivity index (χ2v) is 8.45. The molecule has 0 aliphatic heterocycles. The van der Waals surface area contributed by atoms with Crippen molar-refractivity contribution in [2.45, 2.75) is 38.6 Å². The van der Waals surface area contributed by atoms with Crippen molar-refractivity contribution in [2.24, 2.45) is 11.3 Å². The third-order valence-corrected chi connectivity index (χ3v) is 5.91. The topological polar surface area (TPSA) is 58.2 Å². The Labute approximate surface area is 132 Å². The van der Waals surface area contributed by atoms with Crippen LogP contribution in [0, 0.1) is 11.3 Å². The number of nitrogens with one attached hydrogen (secondary N) is 2. The van der Waals surface area contributed by atoms with Crippen LogP contribution in [0.1, 0.15) is 32.8 Å². The first-order valence-corrected chi connectivity index (χ1v) is 9.11. The Morgan fingerprint density at radius 1 is 1.38 bits per heavy atom. The molecular weight excluding hydrogens is 308 g/mol. The summed E-state index contributed by atoms with van der Waals surface area (Å²) in [5.74, 6) is 0.427. The van der Waals surface area contributed by atoms with Gasteiger partial charge in [-0.2, -0.15) is 0 Å². The lowest BCUT2D eigenvalue weighted by Crippen LogP contribution is -2.27. The first-order valence-electron chi connectivity index (χ1n) is 7.25. The predicted molar refractivity (Wildman–Crippen MR) is 85.9 cm³/mol. The van der Waals surface area contributed by atoms with Gasteiger partial charge in [0.15, 0.2) is 0 Å². The Kier molecular flexibility index (Phi) is 4.98. The van der Waals surface area contributed by atoms with Crippen molar-refractivity contribution in [1.82, 2.24) is 10.0 Å². The molecule has 0 heterocycles. The van der Waals surface area contributed by atoms with E-state index in [-0.39, 0.29) is 10.3 Å². The van der Waals surface area contributed by atoms with Gasteiger partial charge in [0, 0.05) is 18.1 Å². The van der Waals surface area contributed by atoms with Crippen LogP contribution in [0.4, 0.5) is 0 Å². The highest BCUT2D eigenvalue weighted by Gasteiger charge is 2.45. The predicted octanol–water partition coefficient (Wildman–Crippen LogP) is 2.77. The van der Waals surface area contributed by atoms with Crippen molar-refractivity contribution >= 4 is 21.6 Å². The van der Waals surface area contributed by atoms with E-state index < -0.39 is 10.0 Å². The number of benzene rings is 1. The third-order valence-electron chi connectivity index (χ3n) is 4.14. The molecule has 1 aromatic carbocycles.